The fourth-order valence-corrected chi connectivity index (χ4v) is 4.38. The van der Waals surface area contributed by atoms with Crippen LogP contribution in [0.5, 0.6) is 0 Å². The fraction of sp³-hybridized carbons (Fsp3) is 0.273. The van der Waals surface area contributed by atoms with Crippen LogP contribution in [0.3, 0.4) is 0 Å². The first-order chi connectivity index (χ1) is 13.2. The minimum atomic E-state index is -0.0941. The highest BCUT2D eigenvalue weighted by Gasteiger charge is 2.21. The third-order valence-corrected chi connectivity index (χ3v) is 6.03. The molecular formula is C22H22N2O2S. The van der Waals surface area contributed by atoms with E-state index >= 15 is 0 Å². The van der Waals surface area contributed by atoms with Crippen LogP contribution in [0.15, 0.2) is 58.3 Å². The molecule has 4 rings (SSSR count). The van der Waals surface area contributed by atoms with Crippen molar-refractivity contribution in [2.75, 3.05) is 18.4 Å². The van der Waals surface area contributed by atoms with Crippen molar-refractivity contribution in [3.63, 3.8) is 0 Å². The van der Waals surface area contributed by atoms with E-state index in [1.807, 2.05) is 59.5 Å². The fourth-order valence-electron chi connectivity index (χ4n) is 3.43. The zero-order valence-electron chi connectivity index (χ0n) is 15.1. The van der Waals surface area contributed by atoms with Crippen molar-refractivity contribution >= 4 is 35.3 Å². The van der Waals surface area contributed by atoms with Crippen LogP contribution < -0.4 is 5.32 Å². The molecule has 2 aliphatic rings. The lowest BCUT2D eigenvalue weighted by atomic mass is 10.1. The third kappa shape index (κ3) is 4.08. The second kappa shape index (κ2) is 8.01. The number of thioether (sulfide) groups is 1. The Morgan fingerprint density at radius 3 is 2.41 bits per heavy atom. The second-order valence-corrected chi connectivity index (χ2v) is 7.97. The number of anilines is 1. The van der Waals surface area contributed by atoms with Gasteiger partial charge in [-0.1, -0.05) is 48.9 Å². The Bertz CT molecular complexity index is 881. The Balaban J connectivity index is 1.50. The summed E-state index contributed by atoms with van der Waals surface area (Å²) in [5.41, 5.74) is 2.48. The van der Waals surface area contributed by atoms with E-state index in [4.69, 9.17) is 0 Å². The van der Waals surface area contributed by atoms with Gasteiger partial charge in [0.05, 0.1) is 10.6 Å². The summed E-state index contributed by atoms with van der Waals surface area (Å²) >= 11 is 1.47. The lowest BCUT2D eigenvalue weighted by Gasteiger charge is -2.20. The van der Waals surface area contributed by atoms with E-state index in [1.165, 1.54) is 24.6 Å². The largest absolute Gasteiger partial charge is 0.339 e. The molecular weight excluding hydrogens is 356 g/mol. The van der Waals surface area contributed by atoms with Gasteiger partial charge in [0.15, 0.2) is 0 Å². The molecule has 1 N–H and O–H groups in total. The molecule has 0 spiro atoms. The smallest absolute Gasteiger partial charge is 0.262 e. The number of benzene rings is 2. The first kappa shape index (κ1) is 17.9. The number of nitrogens with one attached hydrogen (secondary N) is 1. The van der Waals surface area contributed by atoms with E-state index in [0.717, 1.165) is 42.1 Å². The summed E-state index contributed by atoms with van der Waals surface area (Å²) in [5, 5.41) is 2.92. The van der Waals surface area contributed by atoms with Gasteiger partial charge < -0.3 is 10.2 Å². The molecule has 2 amide bonds. The lowest BCUT2D eigenvalue weighted by Crippen LogP contribution is -2.31. The van der Waals surface area contributed by atoms with E-state index < -0.39 is 0 Å². The Kier molecular flexibility index (Phi) is 5.30. The number of rotatable bonds is 2. The first-order valence-electron chi connectivity index (χ1n) is 9.40. The molecule has 0 saturated carbocycles. The van der Waals surface area contributed by atoms with Crippen LogP contribution >= 0.6 is 11.8 Å². The Hall–Kier alpha value is -2.53. The Morgan fingerprint density at radius 1 is 0.963 bits per heavy atom. The highest BCUT2D eigenvalue weighted by atomic mass is 32.2. The molecule has 27 heavy (non-hydrogen) atoms. The molecule has 5 heteroatoms. The highest BCUT2D eigenvalue weighted by Crippen LogP contribution is 2.38. The maximum atomic E-state index is 12.7. The van der Waals surface area contributed by atoms with Crippen LogP contribution in [0.25, 0.3) is 6.08 Å². The molecule has 1 fully saturated rings. The highest BCUT2D eigenvalue weighted by molar-refractivity contribution is 8.04. The molecule has 0 atom stereocenters. The predicted molar refractivity (Wildman–Crippen MR) is 110 cm³/mol. The van der Waals surface area contributed by atoms with Crippen molar-refractivity contribution in [3.8, 4) is 0 Å². The van der Waals surface area contributed by atoms with Gasteiger partial charge in [-0.15, -0.1) is 0 Å². The van der Waals surface area contributed by atoms with E-state index in [1.54, 1.807) is 0 Å². The summed E-state index contributed by atoms with van der Waals surface area (Å²) in [4.78, 5) is 28.7. The van der Waals surface area contributed by atoms with Gasteiger partial charge in [0.1, 0.15) is 0 Å². The predicted octanol–water partition coefficient (Wildman–Crippen LogP) is 4.79. The average Bonchev–Trinajstić information content (AvgIpc) is 2.98. The molecule has 2 aromatic rings. The Morgan fingerprint density at radius 2 is 1.67 bits per heavy atom. The SMILES string of the molecule is O=C1Nc2ccccc2S/C1=C/c1ccc(C(=O)N2CCCCCC2)cc1. The number of fused-ring (bicyclic) bond motifs is 1. The van der Waals surface area contributed by atoms with Gasteiger partial charge in [0, 0.05) is 23.5 Å². The number of nitrogens with zero attached hydrogens (tertiary/aromatic N) is 1. The summed E-state index contributed by atoms with van der Waals surface area (Å²) in [5.74, 6) is 0.0123. The number of carbonyl (C=O) groups is 2. The molecule has 0 bridgehead atoms. The zero-order valence-corrected chi connectivity index (χ0v) is 15.9. The Labute approximate surface area is 163 Å². The van der Waals surface area contributed by atoms with Crippen molar-refractivity contribution < 1.29 is 9.59 Å². The first-order valence-corrected chi connectivity index (χ1v) is 10.2. The van der Waals surface area contributed by atoms with E-state index in [2.05, 4.69) is 5.32 Å². The van der Waals surface area contributed by atoms with Gasteiger partial charge in [-0.2, -0.15) is 0 Å². The van der Waals surface area contributed by atoms with Crippen molar-refractivity contribution in [1.82, 2.24) is 4.90 Å². The molecule has 2 aliphatic heterocycles. The minimum Gasteiger partial charge on any atom is -0.339 e. The lowest BCUT2D eigenvalue weighted by molar-refractivity contribution is -0.112. The zero-order chi connectivity index (χ0) is 18.6. The molecule has 1 saturated heterocycles. The van der Waals surface area contributed by atoms with Gasteiger partial charge in [-0.3, -0.25) is 9.59 Å². The molecule has 0 aromatic heterocycles. The molecule has 2 heterocycles. The normalized spacial score (nSPS) is 18.6. The molecule has 0 unspecified atom stereocenters. The summed E-state index contributed by atoms with van der Waals surface area (Å²) in [6, 6.07) is 15.3. The number of para-hydroxylation sites is 1. The van der Waals surface area contributed by atoms with Gasteiger partial charge >= 0.3 is 0 Å². The topological polar surface area (TPSA) is 49.4 Å². The van der Waals surface area contributed by atoms with Gasteiger partial charge in [-0.05, 0) is 48.7 Å². The second-order valence-electron chi connectivity index (χ2n) is 6.89. The van der Waals surface area contributed by atoms with Gasteiger partial charge in [-0.25, -0.2) is 0 Å². The van der Waals surface area contributed by atoms with Crippen LogP contribution in [-0.2, 0) is 4.79 Å². The van der Waals surface area contributed by atoms with Crippen LogP contribution in [0.4, 0.5) is 5.69 Å². The quantitative estimate of drug-likeness (QED) is 0.765. The van der Waals surface area contributed by atoms with Crippen LogP contribution in [0, 0.1) is 0 Å². The summed E-state index contributed by atoms with van der Waals surface area (Å²) in [6.45, 7) is 1.70. The van der Waals surface area contributed by atoms with Crippen LogP contribution in [0.1, 0.15) is 41.6 Å². The molecule has 4 nitrogen and oxygen atoms in total. The molecule has 138 valence electrons. The van der Waals surface area contributed by atoms with Gasteiger partial charge in [0.2, 0.25) is 0 Å². The standard InChI is InChI=1S/C22H22N2O2S/c25-21-20(27-19-8-4-3-7-18(19)23-21)15-16-9-11-17(12-10-16)22(26)24-13-5-1-2-6-14-24/h3-4,7-12,15H,1-2,5-6,13-14H2,(H,23,25)/b20-15+. The van der Waals surface area contributed by atoms with Crippen molar-refractivity contribution in [3.05, 3.63) is 64.6 Å². The molecule has 0 aliphatic carbocycles. The summed E-state index contributed by atoms with van der Waals surface area (Å²) in [7, 11) is 0. The molecule has 2 aromatic carbocycles. The summed E-state index contributed by atoms with van der Waals surface area (Å²) in [6.07, 6.45) is 6.46. The molecule has 0 radical (unpaired) electrons. The van der Waals surface area contributed by atoms with Gasteiger partial charge in [0.25, 0.3) is 11.8 Å². The average molecular weight is 378 g/mol. The minimum absolute atomic E-state index is 0.0941. The number of hydrogen-bond acceptors (Lipinski definition) is 3. The van der Waals surface area contributed by atoms with E-state index in [-0.39, 0.29) is 11.8 Å². The number of amides is 2. The monoisotopic (exact) mass is 378 g/mol. The number of likely N-dealkylation sites (tertiary alicyclic amines) is 1. The van der Waals surface area contributed by atoms with Crippen LogP contribution in [-0.4, -0.2) is 29.8 Å². The van der Waals surface area contributed by atoms with Crippen molar-refractivity contribution in [1.29, 1.82) is 0 Å². The number of carbonyl (C=O) groups excluding carboxylic acids is 2. The maximum Gasteiger partial charge on any atom is 0.262 e. The van der Waals surface area contributed by atoms with Crippen molar-refractivity contribution in [2.45, 2.75) is 30.6 Å². The number of hydrogen-bond donors (Lipinski definition) is 1. The van der Waals surface area contributed by atoms with Crippen molar-refractivity contribution in [2.24, 2.45) is 0 Å². The van der Waals surface area contributed by atoms with E-state index in [0.29, 0.717) is 10.5 Å². The van der Waals surface area contributed by atoms with Crippen LogP contribution in [0.2, 0.25) is 0 Å². The maximum absolute atomic E-state index is 12.7. The van der Waals surface area contributed by atoms with E-state index in [9.17, 15) is 9.59 Å². The summed E-state index contributed by atoms with van der Waals surface area (Å²) < 4.78 is 0. The third-order valence-electron chi connectivity index (χ3n) is 4.93.